The largest absolute Gasteiger partial charge is 0.332 e. The number of piperazine rings is 1. The maximum Gasteiger partial charge on any atom is 0.226 e. The lowest BCUT2D eigenvalue weighted by molar-refractivity contribution is 0.176. The average Bonchev–Trinajstić information content (AvgIpc) is 2.59. The summed E-state index contributed by atoms with van der Waals surface area (Å²) < 4.78 is 0. The average molecular weight is 246 g/mol. The van der Waals surface area contributed by atoms with E-state index in [4.69, 9.17) is 0 Å². The van der Waals surface area contributed by atoms with Crippen LogP contribution in [0.5, 0.6) is 0 Å². The summed E-state index contributed by atoms with van der Waals surface area (Å²) in [5.41, 5.74) is 1.06. The molecule has 0 aromatic carbocycles. The molecule has 2 atom stereocenters. The molecule has 2 fully saturated rings. The first kappa shape index (κ1) is 11.9. The van der Waals surface area contributed by atoms with Crippen LogP contribution < -0.4 is 4.90 Å². The Bertz CT molecular complexity index is 418. The second-order valence-corrected chi connectivity index (χ2v) is 5.84. The van der Waals surface area contributed by atoms with Gasteiger partial charge in [0.05, 0.1) is 0 Å². The third-order valence-corrected chi connectivity index (χ3v) is 4.25. The van der Waals surface area contributed by atoms with Gasteiger partial charge in [0.1, 0.15) is 0 Å². The zero-order valence-electron chi connectivity index (χ0n) is 11.5. The fraction of sp³-hybridized carbons (Fsp3) is 0.714. The van der Waals surface area contributed by atoms with Crippen molar-refractivity contribution in [3.05, 3.63) is 18.0 Å². The number of aromatic nitrogens is 2. The Morgan fingerprint density at radius 3 is 2.44 bits per heavy atom. The van der Waals surface area contributed by atoms with Crippen molar-refractivity contribution in [2.24, 2.45) is 0 Å². The van der Waals surface area contributed by atoms with Gasteiger partial charge in [0.25, 0.3) is 0 Å². The first-order chi connectivity index (χ1) is 8.65. The predicted octanol–water partition coefficient (Wildman–Crippen LogP) is 1.85. The molecule has 0 N–H and O–H groups in total. The molecule has 4 nitrogen and oxygen atoms in total. The highest BCUT2D eigenvalue weighted by molar-refractivity contribution is 5.38. The molecule has 2 aliphatic heterocycles. The summed E-state index contributed by atoms with van der Waals surface area (Å²) in [6.45, 7) is 8.94. The third-order valence-electron chi connectivity index (χ3n) is 4.25. The molecule has 3 rings (SSSR count). The summed E-state index contributed by atoms with van der Waals surface area (Å²) in [4.78, 5) is 14.1. The van der Waals surface area contributed by atoms with Crippen molar-refractivity contribution in [3.63, 3.8) is 0 Å². The summed E-state index contributed by atoms with van der Waals surface area (Å²) >= 11 is 0. The minimum absolute atomic E-state index is 0.605. The van der Waals surface area contributed by atoms with Gasteiger partial charge in [-0.3, -0.25) is 4.90 Å². The van der Waals surface area contributed by atoms with Gasteiger partial charge in [0.2, 0.25) is 5.95 Å². The Balaban J connectivity index is 1.84. The highest BCUT2D eigenvalue weighted by Gasteiger charge is 2.41. The Hall–Kier alpha value is -1.16. The van der Waals surface area contributed by atoms with E-state index in [1.807, 2.05) is 19.2 Å². The number of fused-ring (bicyclic) bond motifs is 2. The molecule has 98 valence electrons. The van der Waals surface area contributed by atoms with Crippen LogP contribution in [-0.2, 0) is 0 Å². The van der Waals surface area contributed by atoms with E-state index in [0.717, 1.165) is 24.7 Å². The molecule has 2 bridgehead atoms. The minimum Gasteiger partial charge on any atom is -0.332 e. The van der Waals surface area contributed by atoms with Crippen molar-refractivity contribution in [3.8, 4) is 0 Å². The van der Waals surface area contributed by atoms with E-state index in [1.165, 1.54) is 12.8 Å². The fourth-order valence-electron chi connectivity index (χ4n) is 3.24. The molecule has 0 amide bonds. The zero-order valence-corrected chi connectivity index (χ0v) is 11.5. The van der Waals surface area contributed by atoms with E-state index < -0.39 is 0 Å². The molecule has 18 heavy (non-hydrogen) atoms. The molecule has 0 radical (unpaired) electrons. The van der Waals surface area contributed by atoms with Crippen molar-refractivity contribution in [2.45, 2.75) is 51.7 Å². The molecular formula is C14H22N4. The maximum absolute atomic E-state index is 4.60. The van der Waals surface area contributed by atoms with Gasteiger partial charge < -0.3 is 4.90 Å². The number of anilines is 1. The first-order valence-electron chi connectivity index (χ1n) is 6.97. The molecule has 2 aliphatic rings. The molecule has 2 saturated heterocycles. The fourth-order valence-corrected chi connectivity index (χ4v) is 3.24. The summed E-state index contributed by atoms with van der Waals surface area (Å²) in [7, 11) is 0. The Kier molecular flexibility index (Phi) is 2.98. The second kappa shape index (κ2) is 4.50. The number of nitrogens with zero attached hydrogens (tertiary/aromatic N) is 4. The van der Waals surface area contributed by atoms with E-state index >= 15 is 0 Å². The summed E-state index contributed by atoms with van der Waals surface area (Å²) in [5.74, 6) is 0.936. The normalized spacial score (nSPS) is 28.1. The van der Waals surface area contributed by atoms with Crippen molar-refractivity contribution in [1.29, 1.82) is 0 Å². The number of aryl methyl sites for hydroxylation is 1. The van der Waals surface area contributed by atoms with Crippen LogP contribution in [0.1, 0.15) is 32.4 Å². The second-order valence-electron chi connectivity index (χ2n) is 5.84. The number of hydrogen-bond acceptors (Lipinski definition) is 4. The predicted molar refractivity (Wildman–Crippen MR) is 72.8 cm³/mol. The van der Waals surface area contributed by atoms with Crippen LogP contribution in [0.25, 0.3) is 0 Å². The summed E-state index contributed by atoms with van der Waals surface area (Å²) in [5, 5.41) is 0. The zero-order chi connectivity index (χ0) is 12.7. The van der Waals surface area contributed by atoms with E-state index in [-0.39, 0.29) is 0 Å². The molecule has 1 aromatic rings. The lowest BCUT2D eigenvalue weighted by Crippen LogP contribution is -2.56. The van der Waals surface area contributed by atoms with Gasteiger partial charge in [-0.1, -0.05) is 0 Å². The molecule has 0 saturated carbocycles. The Labute approximate surface area is 109 Å². The van der Waals surface area contributed by atoms with Crippen LogP contribution in [0.15, 0.2) is 12.3 Å². The molecule has 0 spiro atoms. The maximum atomic E-state index is 4.60. The van der Waals surface area contributed by atoms with E-state index in [2.05, 4.69) is 33.6 Å². The quantitative estimate of drug-likeness (QED) is 0.797. The van der Waals surface area contributed by atoms with E-state index in [0.29, 0.717) is 18.1 Å². The van der Waals surface area contributed by atoms with Crippen LogP contribution in [0.4, 0.5) is 5.95 Å². The topological polar surface area (TPSA) is 32.3 Å². The molecule has 1 aromatic heterocycles. The summed E-state index contributed by atoms with van der Waals surface area (Å²) in [6.07, 6.45) is 4.45. The smallest absolute Gasteiger partial charge is 0.226 e. The molecule has 3 heterocycles. The van der Waals surface area contributed by atoms with Crippen molar-refractivity contribution >= 4 is 5.95 Å². The number of likely N-dealkylation sites (tertiary alicyclic amines) is 1. The number of hydrogen-bond donors (Lipinski definition) is 0. The van der Waals surface area contributed by atoms with E-state index in [1.54, 1.807) is 0 Å². The van der Waals surface area contributed by atoms with Gasteiger partial charge in [-0.05, 0) is 39.7 Å². The first-order valence-corrected chi connectivity index (χ1v) is 6.97. The monoisotopic (exact) mass is 246 g/mol. The molecule has 4 heteroatoms. The van der Waals surface area contributed by atoms with Gasteiger partial charge in [-0.15, -0.1) is 0 Å². The minimum atomic E-state index is 0.605. The van der Waals surface area contributed by atoms with Crippen molar-refractivity contribution < 1.29 is 0 Å². The van der Waals surface area contributed by atoms with Gasteiger partial charge in [-0.2, -0.15) is 0 Å². The van der Waals surface area contributed by atoms with Crippen molar-refractivity contribution in [2.75, 3.05) is 18.0 Å². The molecular weight excluding hydrogens is 224 g/mol. The van der Waals surface area contributed by atoms with Gasteiger partial charge in [-0.25, -0.2) is 9.97 Å². The molecule has 2 unspecified atom stereocenters. The SMILES string of the molecule is Cc1ccnc(N2C3CCC2CN(C(C)C)C3)n1. The van der Waals surface area contributed by atoms with Gasteiger partial charge in [0.15, 0.2) is 0 Å². The lowest BCUT2D eigenvalue weighted by Gasteiger charge is -2.42. The third kappa shape index (κ3) is 1.99. The highest BCUT2D eigenvalue weighted by atomic mass is 15.4. The van der Waals surface area contributed by atoms with Gasteiger partial charge in [0, 0.05) is 43.1 Å². The van der Waals surface area contributed by atoms with Crippen LogP contribution in [0, 0.1) is 6.92 Å². The lowest BCUT2D eigenvalue weighted by atomic mass is 10.1. The Morgan fingerprint density at radius 1 is 1.22 bits per heavy atom. The highest BCUT2D eigenvalue weighted by Crippen LogP contribution is 2.33. The van der Waals surface area contributed by atoms with Crippen LogP contribution >= 0.6 is 0 Å². The van der Waals surface area contributed by atoms with Crippen LogP contribution in [-0.4, -0.2) is 46.1 Å². The van der Waals surface area contributed by atoms with Gasteiger partial charge >= 0.3 is 0 Å². The Morgan fingerprint density at radius 2 is 1.89 bits per heavy atom. The van der Waals surface area contributed by atoms with Crippen LogP contribution in [0.3, 0.4) is 0 Å². The van der Waals surface area contributed by atoms with E-state index in [9.17, 15) is 0 Å². The molecule has 0 aliphatic carbocycles. The summed E-state index contributed by atoms with van der Waals surface area (Å²) in [6, 6.07) is 3.82. The van der Waals surface area contributed by atoms with Crippen molar-refractivity contribution in [1.82, 2.24) is 14.9 Å². The van der Waals surface area contributed by atoms with Crippen LogP contribution in [0.2, 0.25) is 0 Å². The standard InChI is InChI=1S/C14H22N4/c1-10(2)17-8-12-4-5-13(9-17)18(12)14-15-7-6-11(3)16-14/h6-7,10,12-13H,4-5,8-9H2,1-3H3. The number of rotatable bonds is 2.